The topological polar surface area (TPSA) is 54.0 Å². The molecule has 70 valence electrons. The van der Waals surface area contributed by atoms with Crippen molar-refractivity contribution in [2.45, 2.75) is 0 Å². The van der Waals surface area contributed by atoms with Crippen molar-refractivity contribution in [2.75, 3.05) is 19.6 Å². The van der Waals surface area contributed by atoms with Crippen LogP contribution in [0.3, 0.4) is 0 Å². The molecule has 0 atom stereocenters. The predicted octanol–water partition coefficient (Wildman–Crippen LogP) is 0.0923. The molecule has 0 saturated carbocycles. The summed E-state index contributed by atoms with van der Waals surface area (Å²) in [6.07, 6.45) is 0. The number of hydrogen-bond acceptors (Lipinski definition) is 4. The largest absolute Gasteiger partial charge is 0.350 e. The lowest BCUT2D eigenvalue weighted by Crippen LogP contribution is -2.48. The van der Waals surface area contributed by atoms with Gasteiger partial charge in [0.25, 0.3) is 5.91 Å². The zero-order valence-corrected chi connectivity index (χ0v) is 7.93. The molecule has 1 aliphatic heterocycles. The Balaban J connectivity index is 1.78. The molecule has 1 saturated heterocycles. The van der Waals surface area contributed by atoms with Crippen LogP contribution < -0.4 is 10.6 Å². The van der Waals surface area contributed by atoms with E-state index in [1.54, 1.807) is 10.9 Å². The van der Waals surface area contributed by atoms with E-state index in [1.807, 2.05) is 0 Å². The minimum atomic E-state index is -0.0619. The number of thiazole rings is 1. The van der Waals surface area contributed by atoms with Crippen LogP contribution in [0, 0.1) is 5.92 Å². The molecule has 1 fully saturated rings. The van der Waals surface area contributed by atoms with Gasteiger partial charge in [-0.3, -0.25) is 4.79 Å². The van der Waals surface area contributed by atoms with Gasteiger partial charge in [-0.25, -0.2) is 4.98 Å². The standard InChI is InChI=1S/C8H11N3OS/c12-8(7-4-13-5-11-7)10-3-6-1-9-2-6/h4-6,9H,1-3H2,(H,10,12). The summed E-state index contributed by atoms with van der Waals surface area (Å²) in [7, 11) is 0. The Bertz CT molecular complexity index is 282. The van der Waals surface area contributed by atoms with Gasteiger partial charge in [0.15, 0.2) is 0 Å². The molecule has 2 N–H and O–H groups in total. The first-order valence-corrected chi connectivity index (χ1v) is 5.17. The summed E-state index contributed by atoms with van der Waals surface area (Å²) >= 11 is 1.44. The van der Waals surface area contributed by atoms with Crippen molar-refractivity contribution in [3.8, 4) is 0 Å². The average molecular weight is 197 g/mol. The van der Waals surface area contributed by atoms with Gasteiger partial charge in [-0.2, -0.15) is 0 Å². The van der Waals surface area contributed by atoms with Gasteiger partial charge in [0, 0.05) is 30.9 Å². The molecule has 13 heavy (non-hydrogen) atoms. The van der Waals surface area contributed by atoms with Crippen LogP contribution in [-0.2, 0) is 0 Å². The Kier molecular flexibility index (Phi) is 2.56. The van der Waals surface area contributed by atoms with Crippen molar-refractivity contribution in [3.05, 3.63) is 16.6 Å². The lowest BCUT2D eigenvalue weighted by molar-refractivity contribution is 0.0938. The van der Waals surface area contributed by atoms with Crippen LogP contribution in [0.4, 0.5) is 0 Å². The number of hydrogen-bond donors (Lipinski definition) is 2. The van der Waals surface area contributed by atoms with Crippen LogP contribution in [-0.4, -0.2) is 30.5 Å². The average Bonchev–Trinajstić information content (AvgIpc) is 2.52. The van der Waals surface area contributed by atoms with Crippen molar-refractivity contribution in [1.29, 1.82) is 0 Å². The van der Waals surface area contributed by atoms with Crippen molar-refractivity contribution < 1.29 is 4.79 Å². The summed E-state index contributed by atoms with van der Waals surface area (Å²) in [4.78, 5) is 15.3. The van der Waals surface area contributed by atoms with Crippen molar-refractivity contribution in [1.82, 2.24) is 15.6 Å². The van der Waals surface area contributed by atoms with E-state index >= 15 is 0 Å². The van der Waals surface area contributed by atoms with Gasteiger partial charge in [-0.05, 0) is 0 Å². The van der Waals surface area contributed by atoms with Crippen LogP contribution in [0.1, 0.15) is 10.5 Å². The maximum absolute atomic E-state index is 11.4. The summed E-state index contributed by atoms with van der Waals surface area (Å²) in [6.45, 7) is 2.78. The van der Waals surface area contributed by atoms with E-state index in [2.05, 4.69) is 15.6 Å². The van der Waals surface area contributed by atoms with E-state index in [-0.39, 0.29) is 5.91 Å². The molecular formula is C8H11N3OS. The van der Waals surface area contributed by atoms with Crippen LogP contribution in [0.15, 0.2) is 10.9 Å². The fourth-order valence-electron chi connectivity index (χ4n) is 1.15. The van der Waals surface area contributed by atoms with Gasteiger partial charge in [0.05, 0.1) is 5.51 Å². The van der Waals surface area contributed by atoms with E-state index in [9.17, 15) is 4.79 Å². The highest BCUT2D eigenvalue weighted by Gasteiger charge is 2.17. The van der Waals surface area contributed by atoms with E-state index in [0.29, 0.717) is 11.6 Å². The lowest BCUT2D eigenvalue weighted by Gasteiger charge is -2.26. The number of aromatic nitrogens is 1. The molecule has 0 aliphatic carbocycles. The van der Waals surface area contributed by atoms with Crippen LogP contribution in [0.5, 0.6) is 0 Å². The summed E-state index contributed by atoms with van der Waals surface area (Å²) in [5.41, 5.74) is 2.19. The third-order valence-corrected chi connectivity index (χ3v) is 2.67. The second-order valence-corrected chi connectivity index (χ2v) is 3.83. The smallest absolute Gasteiger partial charge is 0.270 e. The molecule has 5 heteroatoms. The third-order valence-electron chi connectivity index (χ3n) is 2.08. The molecular weight excluding hydrogens is 186 g/mol. The minimum absolute atomic E-state index is 0.0619. The molecule has 0 unspecified atom stereocenters. The fraction of sp³-hybridized carbons (Fsp3) is 0.500. The molecule has 4 nitrogen and oxygen atoms in total. The fourth-order valence-corrected chi connectivity index (χ4v) is 1.68. The zero-order valence-electron chi connectivity index (χ0n) is 7.12. The van der Waals surface area contributed by atoms with Gasteiger partial charge >= 0.3 is 0 Å². The summed E-state index contributed by atoms with van der Waals surface area (Å²) in [5.74, 6) is 0.538. The molecule has 0 aromatic carbocycles. The molecule has 1 amide bonds. The van der Waals surface area contributed by atoms with Gasteiger partial charge < -0.3 is 10.6 Å². The number of carbonyl (C=O) groups is 1. The number of amides is 1. The second kappa shape index (κ2) is 3.85. The monoisotopic (exact) mass is 197 g/mol. The SMILES string of the molecule is O=C(NCC1CNC1)c1cscn1. The van der Waals surface area contributed by atoms with Gasteiger partial charge in [0.2, 0.25) is 0 Å². The van der Waals surface area contributed by atoms with E-state index in [0.717, 1.165) is 19.6 Å². The third kappa shape index (κ3) is 2.05. The first kappa shape index (κ1) is 8.65. The number of nitrogens with zero attached hydrogens (tertiary/aromatic N) is 1. The first-order valence-electron chi connectivity index (χ1n) is 4.23. The van der Waals surface area contributed by atoms with Gasteiger partial charge in [-0.15, -0.1) is 11.3 Å². The second-order valence-electron chi connectivity index (χ2n) is 3.11. The van der Waals surface area contributed by atoms with Gasteiger partial charge in [-0.1, -0.05) is 0 Å². The Morgan fingerprint density at radius 3 is 3.15 bits per heavy atom. The first-order chi connectivity index (χ1) is 6.36. The number of carbonyl (C=O) groups excluding carboxylic acids is 1. The Morgan fingerprint density at radius 2 is 2.62 bits per heavy atom. The van der Waals surface area contributed by atoms with Crippen LogP contribution in [0.2, 0.25) is 0 Å². The van der Waals surface area contributed by atoms with Crippen molar-refractivity contribution >= 4 is 17.2 Å². The molecule has 2 heterocycles. The highest BCUT2D eigenvalue weighted by atomic mass is 32.1. The highest BCUT2D eigenvalue weighted by molar-refractivity contribution is 7.07. The molecule has 0 bridgehead atoms. The van der Waals surface area contributed by atoms with E-state index in [1.165, 1.54) is 11.3 Å². The summed E-state index contributed by atoms with van der Waals surface area (Å²) in [6, 6.07) is 0. The Hall–Kier alpha value is -0.940. The molecule has 0 radical (unpaired) electrons. The van der Waals surface area contributed by atoms with Crippen LogP contribution in [0.25, 0.3) is 0 Å². The normalized spacial score (nSPS) is 16.6. The molecule has 1 aliphatic rings. The van der Waals surface area contributed by atoms with Gasteiger partial charge in [0.1, 0.15) is 5.69 Å². The summed E-state index contributed by atoms with van der Waals surface area (Å²) < 4.78 is 0. The minimum Gasteiger partial charge on any atom is -0.350 e. The molecule has 2 rings (SSSR count). The number of rotatable bonds is 3. The highest BCUT2D eigenvalue weighted by Crippen LogP contribution is 2.03. The zero-order chi connectivity index (χ0) is 9.10. The molecule has 0 spiro atoms. The van der Waals surface area contributed by atoms with Crippen molar-refractivity contribution in [3.63, 3.8) is 0 Å². The van der Waals surface area contributed by atoms with E-state index < -0.39 is 0 Å². The maximum Gasteiger partial charge on any atom is 0.270 e. The maximum atomic E-state index is 11.4. The summed E-state index contributed by atoms with van der Waals surface area (Å²) in [5, 5.41) is 7.77. The number of nitrogens with one attached hydrogen (secondary N) is 2. The Morgan fingerprint density at radius 1 is 1.77 bits per heavy atom. The van der Waals surface area contributed by atoms with Crippen molar-refractivity contribution in [2.24, 2.45) is 5.92 Å². The van der Waals surface area contributed by atoms with Crippen LogP contribution >= 0.6 is 11.3 Å². The van der Waals surface area contributed by atoms with E-state index in [4.69, 9.17) is 0 Å². The lowest BCUT2D eigenvalue weighted by atomic mass is 10.0. The quantitative estimate of drug-likeness (QED) is 0.722. The molecule has 1 aromatic heterocycles. The Labute approximate surface area is 80.4 Å². The predicted molar refractivity (Wildman–Crippen MR) is 50.8 cm³/mol. The molecule has 1 aromatic rings.